The number of carbonyl (C=O) groups is 1. The first-order chi connectivity index (χ1) is 11.5. The van der Waals surface area contributed by atoms with Gasteiger partial charge < -0.3 is 14.9 Å². The van der Waals surface area contributed by atoms with Crippen molar-refractivity contribution < 1.29 is 14.5 Å². The summed E-state index contributed by atoms with van der Waals surface area (Å²) in [4.78, 5) is 22.9. The average Bonchev–Trinajstić information content (AvgIpc) is 2.89. The maximum atomic E-state index is 11.7. The highest BCUT2D eigenvalue weighted by Crippen LogP contribution is 2.39. The molecule has 0 amide bonds. The van der Waals surface area contributed by atoms with E-state index in [9.17, 15) is 14.9 Å². The summed E-state index contributed by atoms with van der Waals surface area (Å²) in [7, 11) is 1.68. The number of para-hydroxylation sites is 1. The van der Waals surface area contributed by atoms with Crippen LogP contribution in [0.5, 0.6) is 0 Å². The molecule has 6 heteroatoms. The Morgan fingerprint density at radius 2 is 1.83 bits per heavy atom. The Hall–Kier alpha value is -3.15. The molecule has 2 aromatic carbocycles. The number of esters is 1. The summed E-state index contributed by atoms with van der Waals surface area (Å²) >= 11 is 0. The van der Waals surface area contributed by atoms with Gasteiger partial charge in [-0.05, 0) is 41.7 Å². The minimum atomic E-state index is -0.406. The van der Waals surface area contributed by atoms with Crippen molar-refractivity contribution in [3.63, 3.8) is 0 Å². The third kappa shape index (κ3) is 2.52. The van der Waals surface area contributed by atoms with Crippen molar-refractivity contribution in [3.05, 3.63) is 64.2 Å². The molecule has 0 bridgehead atoms. The summed E-state index contributed by atoms with van der Waals surface area (Å²) in [6.45, 7) is 2.04. The van der Waals surface area contributed by atoms with Crippen LogP contribution in [0.15, 0.2) is 48.5 Å². The highest BCUT2D eigenvalue weighted by molar-refractivity contribution is 6.01. The number of carbonyl (C=O) groups excluding carboxylic acids is 1. The molecule has 0 atom stereocenters. The first kappa shape index (κ1) is 15.7. The Morgan fingerprint density at radius 3 is 2.46 bits per heavy atom. The number of hydrogen-bond donors (Lipinski definition) is 0. The summed E-state index contributed by atoms with van der Waals surface area (Å²) in [5.74, 6) is -0.378. The lowest BCUT2D eigenvalue weighted by Gasteiger charge is -2.04. The molecule has 0 N–H and O–H groups in total. The van der Waals surface area contributed by atoms with Gasteiger partial charge in [-0.2, -0.15) is 0 Å². The van der Waals surface area contributed by atoms with E-state index in [4.69, 9.17) is 4.74 Å². The summed E-state index contributed by atoms with van der Waals surface area (Å²) < 4.78 is 6.53. The average molecular weight is 324 g/mol. The van der Waals surface area contributed by atoms with Gasteiger partial charge in [0.2, 0.25) is 0 Å². The summed E-state index contributed by atoms with van der Waals surface area (Å²) in [6, 6.07) is 14.1. The second-order valence-electron chi connectivity index (χ2n) is 5.33. The van der Waals surface area contributed by atoms with E-state index < -0.39 is 5.97 Å². The van der Waals surface area contributed by atoms with Crippen LogP contribution in [0, 0.1) is 10.1 Å². The zero-order valence-corrected chi connectivity index (χ0v) is 13.4. The zero-order valence-electron chi connectivity index (χ0n) is 13.4. The van der Waals surface area contributed by atoms with Crippen LogP contribution in [-0.2, 0) is 11.8 Å². The summed E-state index contributed by atoms with van der Waals surface area (Å²) in [6.07, 6.45) is 0. The van der Waals surface area contributed by atoms with E-state index in [2.05, 4.69) is 0 Å². The number of ether oxygens (including phenoxy) is 1. The van der Waals surface area contributed by atoms with Gasteiger partial charge in [-0.1, -0.05) is 24.3 Å². The number of rotatable bonds is 4. The minimum absolute atomic E-state index is 0.0279. The second kappa shape index (κ2) is 6.16. The first-order valence-electron chi connectivity index (χ1n) is 7.54. The van der Waals surface area contributed by atoms with E-state index in [1.807, 2.05) is 24.3 Å². The number of nitro groups is 1. The molecule has 6 nitrogen and oxygen atoms in total. The molecule has 0 spiro atoms. The Labute approximate surface area is 138 Å². The molecular formula is C18H16N2O4. The third-order valence-corrected chi connectivity index (χ3v) is 3.93. The van der Waals surface area contributed by atoms with Crippen LogP contribution in [0.3, 0.4) is 0 Å². The highest BCUT2D eigenvalue weighted by Gasteiger charge is 2.25. The standard InChI is InChI=1S/C18H16N2O4/c1-3-24-18(21)13-10-8-12(9-11-13)16-14-6-4-5-7-15(14)19(2)17(16)20(22)23/h4-11H,3H2,1-2H3. The predicted molar refractivity (Wildman–Crippen MR) is 91.0 cm³/mol. The number of nitrogens with zero attached hydrogens (tertiary/aromatic N) is 2. The van der Waals surface area contributed by atoms with Crippen molar-refractivity contribution in [2.24, 2.45) is 7.05 Å². The topological polar surface area (TPSA) is 74.4 Å². The number of aryl methyl sites for hydroxylation is 1. The van der Waals surface area contributed by atoms with E-state index in [1.165, 1.54) is 0 Å². The zero-order chi connectivity index (χ0) is 17.3. The van der Waals surface area contributed by atoms with Gasteiger partial charge in [-0.25, -0.2) is 9.36 Å². The maximum Gasteiger partial charge on any atom is 0.338 e. The number of aromatic nitrogens is 1. The van der Waals surface area contributed by atoms with Crippen LogP contribution < -0.4 is 0 Å². The lowest BCUT2D eigenvalue weighted by molar-refractivity contribution is -0.390. The van der Waals surface area contributed by atoms with Gasteiger partial charge in [0, 0.05) is 5.39 Å². The van der Waals surface area contributed by atoms with Crippen molar-refractivity contribution in [2.75, 3.05) is 6.61 Å². The predicted octanol–water partition coefficient (Wildman–Crippen LogP) is 3.93. The largest absolute Gasteiger partial charge is 0.462 e. The first-order valence-corrected chi connectivity index (χ1v) is 7.54. The van der Waals surface area contributed by atoms with Gasteiger partial charge in [0.05, 0.1) is 24.8 Å². The van der Waals surface area contributed by atoms with Gasteiger partial charge >= 0.3 is 11.8 Å². The Kier molecular flexibility index (Phi) is 4.04. The Balaban J connectivity index is 2.17. The van der Waals surface area contributed by atoms with Crippen LogP contribution >= 0.6 is 0 Å². The number of hydrogen-bond acceptors (Lipinski definition) is 4. The molecule has 0 aliphatic rings. The molecule has 3 rings (SSSR count). The van der Waals surface area contributed by atoms with Gasteiger partial charge in [-0.3, -0.25) is 0 Å². The van der Waals surface area contributed by atoms with Crippen molar-refractivity contribution in [3.8, 4) is 11.1 Å². The molecule has 0 fully saturated rings. The van der Waals surface area contributed by atoms with E-state index in [0.29, 0.717) is 23.3 Å². The minimum Gasteiger partial charge on any atom is -0.462 e. The lowest BCUT2D eigenvalue weighted by atomic mass is 10.0. The fourth-order valence-electron chi connectivity index (χ4n) is 2.87. The maximum absolute atomic E-state index is 11.7. The lowest BCUT2D eigenvalue weighted by Crippen LogP contribution is -2.04. The molecule has 0 saturated carbocycles. The SMILES string of the molecule is CCOC(=O)c1ccc(-c2c([N+](=O)[O-])n(C)c3ccccc23)cc1. The quantitative estimate of drug-likeness (QED) is 0.414. The van der Waals surface area contributed by atoms with Gasteiger partial charge in [0.25, 0.3) is 0 Å². The monoisotopic (exact) mass is 324 g/mol. The van der Waals surface area contributed by atoms with Crippen molar-refractivity contribution in [1.82, 2.24) is 4.57 Å². The van der Waals surface area contributed by atoms with Crippen molar-refractivity contribution in [2.45, 2.75) is 6.92 Å². The van der Waals surface area contributed by atoms with Gasteiger partial charge in [0.15, 0.2) is 0 Å². The molecule has 0 radical (unpaired) electrons. The summed E-state index contributed by atoms with van der Waals surface area (Å²) in [5.41, 5.74) is 2.44. The molecule has 122 valence electrons. The van der Waals surface area contributed by atoms with Crippen molar-refractivity contribution in [1.29, 1.82) is 0 Å². The fourth-order valence-corrected chi connectivity index (χ4v) is 2.87. The van der Waals surface area contributed by atoms with Crippen molar-refractivity contribution >= 4 is 22.7 Å². The van der Waals surface area contributed by atoms with Crippen LogP contribution in [0.2, 0.25) is 0 Å². The van der Waals surface area contributed by atoms with Crippen LogP contribution in [-0.4, -0.2) is 22.1 Å². The fraction of sp³-hybridized carbons (Fsp3) is 0.167. The van der Waals surface area contributed by atoms with E-state index in [0.717, 1.165) is 10.9 Å². The van der Waals surface area contributed by atoms with Crippen LogP contribution in [0.25, 0.3) is 22.0 Å². The normalized spacial score (nSPS) is 10.8. The van der Waals surface area contributed by atoms with Crippen LogP contribution in [0.4, 0.5) is 5.82 Å². The highest BCUT2D eigenvalue weighted by atomic mass is 16.6. The molecule has 1 heterocycles. The molecule has 0 unspecified atom stereocenters. The van der Waals surface area contributed by atoms with Gasteiger partial charge in [0.1, 0.15) is 5.52 Å². The third-order valence-electron chi connectivity index (χ3n) is 3.93. The molecule has 3 aromatic rings. The number of fused-ring (bicyclic) bond motifs is 1. The van der Waals surface area contributed by atoms with Gasteiger partial charge in [-0.15, -0.1) is 0 Å². The Bertz CT molecular complexity index is 926. The molecule has 1 aromatic heterocycles. The van der Waals surface area contributed by atoms with Crippen LogP contribution in [0.1, 0.15) is 17.3 Å². The second-order valence-corrected chi connectivity index (χ2v) is 5.33. The molecular weight excluding hydrogens is 308 g/mol. The molecule has 0 aliphatic carbocycles. The molecule has 24 heavy (non-hydrogen) atoms. The molecule has 0 saturated heterocycles. The Morgan fingerprint density at radius 1 is 1.17 bits per heavy atom. The van der Waals surface area contributed by atoms with E-state index >= 15 is 0 Å². The number of benzene rings is 2. The smallest absolute Gasteiger partial charge is 0.338 e. The summed E-state index contributed by atoms with van der Waals surface area (Å²) in [5, 5.41) is 12.4. The van der Waals surface area contributed by atoms with E-state index in [1.54, 1.807) is 42.8 Å². The van der Waals surface area contributed by atoms with E-state index in [-0.39, 0.29) is 10.7 Å². The molecule has 0 aliphatic heterocycles.